The minimum atomic E-state index is -0.645. The standard InChI is InChI=1S/C23H32N4P2/c1-21(2,3)29(22(4,5)6)16-17-10-7-11-18(17)23(28,19-24-12-8-13-25-19)20-26-14-9-15-27-20/h7-15,17H,16,28H2,1-6H3. The van der Waals surface area contributed by atoms with Crippen molar-refractivity contribution >= 4 is 17.2 Å². The summed E-state index contributed by atoms with van der Waals surface area (Å²) in [5, 5.41) is -0.107. The van der Waals surface area contributed by atoms with Crippen LogP contribution in [0.15, 0.2) is 60.7 Å². The van der Waals surface area contributed by atoms with Crippen molar-refractivity contribution in [3.8, 4) is 0 Å². The van der Waals surface area contributed by atoms with Crippen LogP contribution < -0.4 is 0 Å². The third-order valence-electron chi connectivity index (χ3n) is 5.31. The number of rotatable bonds is 5. The Balaban J connectivity index is 2.05. The predicted molar refractivity (Wildman–Crippen MR) is 127 cm³/mol. The van der Waals surface area contributed by atoms with Gasteiger partial charge in [0.25, 0.3) is 0 Å². The van der Waals surface area contributed by atoms with Gasteiger partial charge in [0.15, 0.2) is 0 Å². The molecule has 0 N–H and O–H groups in total. The molecule has 0 saturated heterocycles. The second kappa shape index (κ2) is 8.32. The average Bonchev–Trinajstić information content (AvgIpc) is 3.14. The maximum atomic E-state index is 4.61. The highest BCUT2D eigenvalue weighted by Crippen LogP contribution is 2.62. The first kappa shape index (κ1) is 22.2. The highest BCUT2D eigenvalue weighted by molar-refractivity contribution is 7.60. The molecule has 0 fully saturated rings. The number of hydrogen-bond acceptors (Lipinski definition) is 4. The van der Waals surface area contributed by atoms with Crippen molar-refractivity contribution in [2.75, 3.05) is 6.16 Å². The van der Waals surface area contributed by atoms with Gasteiger partial charge in [0.1, 0.15) is 16.8 Å². The monoisotopic (exact) mass is 426 g/mol. The fraction of sp³-hybridized carbons (Fsp3) is 0.478. The van der Waals surface area contributed by atoms with E-state index in [4.69, 9.17) is 0 Å². The van der Waals surface area contributed by atoms with E-state index in [2.05, 4.69) is 88.9 Å². The Hall–Kier alpha value is -1.50. The van der Waals surface area contributed by atoms with Gasteiger partial charge < -0.3 is 0 Å². The van der Waals surface area contributed by atoms with Crippen molar-refractivity contribution in [3.05, 3.63) is 72.4 Å². The Kier molecular flexibility index (Phi) is 6.37. The van der Waals surface area contributed by atoms with Gasteiger partial charge in [0.2, 0.25) is 0 Å². The zero-order valence-electron chi connectivity index (χ0n) is 18.3. The lowest BCUT2D eigenvalue weighted by molar-refractivity contribution is 0.643. The zero-order chi connectivity index (χ0) is 21.3. The molecule has 0 saturated carbocycles. The third-order valence-corrected chi connectivity index (χ3v) is 10.2. The average molecular weight is 426 g/mol. The molecule has 0 bridgehead atoms. The fourth-order valence-corrected chi connectivity index (χ4v) is 8.65. The molecule has 2 heterocycles. The molecule has 3 rings (SSSR count). The minimum absolute atomic E-state index is 0.248. The summed E-state index contributed by atoms with van der Waals surface area (Å²) < 4.78 is 0. The number of allylic oxidation sites excluding steroid dienone is 4. The SMILES string of the molecule is CC(C)(C)P(CC1C=CC=C1C(P)(c1ncccn1)c1ncccn1)C(C)(C)C. The Morgan fingerprint density at radius 3 is 1.69 bits per heavy atom. The van der Waals surface area contributed by atoms with E-state index in [9.17, 15) is 0 Å². The van der Waals surface area contributed by atoms with Crippen molar-refractivity contribution in [2.24, 2.45) is 5.92 Å². The Labute approximate surface area is 178 Å². The van der Waals surface area contributed by atoms with Gasteiger partial charge in [-0.05, 0) is 34.2 Å². The number of hydrogen-bond donors (Lipinski definition) is 0. The molecular weight excluding hydrogens is 394 g/mol. The molecule has 0 radical (unpaired) electrons. The second-order valence-electron chi connectivity index (χ2n) is 9.52. The van der Waals surface area contributed by atoms with Crippen molar-refractivity contribution < 1.29 is 0 Å². The van der Waals surface area contributed by atoms with Crippen molar-refractivity contribution in [3.63, 3.8) is 0 Å². The van der Waals surface area contributed by atoms with Gasteiger partial charge in [-0.2, -0.15) is 0 Å². The molecule has 154 valence electrons. The van der Waals surface area contributed by atoms with E-state index in [-0.39, 0.29) is 18.2 Å². The summed E-state index contributed by atoms with van der Waals surface area (Å²) in [7, 11) is 2.74. The van der Waals surface area contributed by atoms with Crippen LogP contribution in [0.2, 0.25) is 0 Å². The normalized spacial score (nSPS) is 17.7. The molecule has 2 aromatic rings. The smallest absolute Gasteiger partial charge is 0.149 e. The van der Waals surface area contributed by atoms with E-state index in [1.54, 1.807) is 24.8 Å². The van der Waals surface area contributed by atoms with E-state index < -0.39 is 5.16 Å². The van der Waals surface area contributed by atoms with E-state index >= 15 is 0 Å². The molecule has 1 aliphatic carbocycles. The first-order valence-electron chi connectivity index (χ1n) is 10.0. The maximum Gasteiger partial charge on any atom is 0.149 e. The molecule has 6 heteroatoms. The van der Waals surface area contributed by atoms with E-state index in [1.807, 2.05) is 12.1 Å². The lowest BCUT2D eigenvalue weighted by Gasteiger charge is -2.44. The summed E-state index contributed by atoms with van der Waals surface area (Å²) in [5.74, 6) is 1.74. The molecule has 0 spiro atoms. The Morgan fingerprint density at radius 2 is 1.28 bits per heavy atom. The van der Waals surface area contributed by atoms with Crippen LogP contribution in [0.4, 0.5) is 0 Å². The molecule has 0 aromatic carbocycles. The van der Waals surface area contributed by atoms with Crippen LogP contribution in [-0.4, -0.2) is 36.4 Å². The Morgan fingerprint density at radius 1 is 0.828 bits per heavy atom. The van der Waals surface area contributed by atoms with Crippen LogP contribution in [0.25, 0.3) is 0 Å². The molecule has 4 nitrogen and oxygen atoms in total. The highest BCUT2D eigenvalue weighted by Gasteiger charge is 2.45. The molecule has 0 aliphatic heterocycles. The van der Waals surface area contributed by atoms with Gasteiger partial charge in [-0.1, -0.05) is 67.7 Å². The molecule has 1 aliphatic rings. The van der Waals surface area contributed by atoms with Gasteiger partial charge in [-0.3, -0.25) is 0 Å². The van der Waals surface area contributed by atoms with Crippen LogP contribution in [0.3, 0.4) is 0 Å². The van der Waals surface area contributed by atoms with Gasteiger partial charge in [-0.15, -0.1) is 9.24 Å². The second-order valence-corrected chi connectivity index (χ2v) is 14.3. The maximum absolute atomic E-state index is 4.61. The van der Waals surface area contributed by atoms with Crippen molar-refractivity contribution in [2.45, 2.75) is 57.0 Å². The summed E-state index contributed by atoms with van der Waals surface area (Å²) in [4.78, 5) is 18.4. The van der Waals surface area contributed by atoms with Crippen LogP contribution >= 0.6 is 17.2 Å². The zero-order valence-corrected chi connectivity index (χ0v) is 20.3. The fourth-order valence-electron chi connectivity index (χ4n) is 4.22. The molecule has 2 aromatic heterocycles. The lowest BCUT2D eigenvalue weighted by Crippen LogP contribution is -2.34. The van der Waals surface area contributed by atoms with Gasteiger partial charge in [0, 0.05) is 30.7 Å². The molecule has 2 atom stereocenters. The van der Waals surface area contributed by atoms with Gasteiger partial charge in [-0.25, -0.2) is 19.9 Å². The van der Waals surface area contributed by atoms with Crippen molar-refractivity contribution in [1.29, 1.82) is 0 Å². The summed E-state index contributed by atoms with van der Waals surface area (Å²) >= 11 is 0. The number of aromatic nitrogens is 4. The van der Waals surface area contributed by atoms with Crippen LogP contribution in [0.1, 0.15) is 53.2 Å². The van der Waals surface area contributed by atoms with Gasteiger partial charge in [0.05, 0.1) is 0 Å². The lowest BCUT2D eigenvalue weighted by atomic mass is 9.88. The third kappa shape index (κ3) is 4.65. The summed E-state index contributed by atoms with van der Waals surface area (Å²) in [6, 6.07) is 3.69. The minimum Gasteiger partial charge on any atom is -0.240 e. The topological polar surface area (TPSA) is 51.6 Å². The molecular formula is C23H32N4P2. The summed E-state index contributed by atoms with van der Waals surface area (Å²) in [6.07, 6.45) is 15.0. The van der Waals surface area contributed by atoms with Crippen LogP contribution in [0.5, 0.6) is 0 Å². The number of nitrogens with zero attached hydrogens (tertiary/aromatic N) is 4. The van der Waals surface area contributed by atoms with E-state index in [1.165, 1.54) is 5.57 Å². The largest absolute Gasteiger partial charge is 0.240 e. The Bertz CT molecular complexity index is 827. The quantitative estimate of drug-likeness (QED) is 0.586. The first-order valence-corrected chi connectivity index (χ1v) is 12.2. The van der Waals surface area contributed by atoms with Crippen LogP contribution in [-0.2, 0) is 5.16 Å². The predicted octanol–water partition coefficient (Wildman–Crippen LogP) is 5.58. The van der Waals surface area contributed by atoms with Crippen molar-refractivity contribution in [1.82, 2.24) is 19.9 Å². The summed E-state index contributed by atoms with van der Waals surface area (Å²) in [6.45, 7) is 14.3. The molecule has 2 unspecified atom stereocenters. The molecule has 0 amide bonds. The van der Waals surface area contributed by atoms with Gasteiger partial charge >= 0.3 is 0 Å². The van der Waals surface area contributed by atoms with E-state index in [0.29, 0.717) is 17.6 Å². The first-order chi connectivity index (χ1) is 13.5. The molecule has 29 heavy (non-hydrogen) atoms. The van der Waals surface area contributed by atoms with E-state index in [0.717, 1.165) is 6.16 Å². The highest BCUT2D eigenvalue weighted by atomic mass is 31.1. The summed E-state index contributed by atoms with van der Waals surface area (Å²) in [5.41, 5.74) is 1.25. The van der Waals surface area contributed by atoms with Crippen LogP contribution in [0, 0.1) is 5.92 Å².